The van der Waals surface area contributed by atoms with Crippen LogP contribution < -0.4 is 4.90 Å². The maximum absolute atomic E-state index is 11.9. The predicted molar refractivity (Wildman–Crippen MR) is 103 cm³/mol. The lowest BCUT2D eigenvalue weighted by atomic mass is 10.1. The van der Waals surface area contributed by atoms with Gasteiger partial charge in [-0.3, -0.25) is 9.50 Å². The number of aromatic nitrogens is 5. The van der Waals surface area contributed by atoms with Gasteiger partial charge in [-0.2, -0.15) is 5.10 Å². The summed E-state index contributed by atoms with van der Waals surface area (Å²) in [5, 5.41) is 17.7. The van der Waals surface area contributed by atoms with Gasteiger partial charge in [-0.25, -0.2) is 14.8 Å². The zero-order chi connectivity index (χ0) is 19.3. The molecule has 0 amide bonds. The van der Waals surface area contributed by atoms with Crippen LogP contribution in [-0.2, 0) is 4.74 Å². The van der Waals surface area contributed by atoms with Gasteiger partial charge in [-0.05, 0) is 13.0 Å². The first-order valence-corrected chi connectivity index (χ1v) is 9.01. The molecule has 0 atom stereocenters. The first-order chi connectivity index (χ1) is 13.6. The number of aryl methyl sites for hydroxylation is 1. The van der Waals surface area contributed by atoms with Gasteiger partial charge >= 0.3 is 5.97 Å². The third kappa shape index (κ3) is 2.51. The Labute approximate surface area is 159 Å². The van der Waals surface area contributed by atoms with Gasteiger partial charge in [0.1, 0.15) is 0 Å². The first kappa shape index (κ1) is 16.7. The molecule has 4 heterocycles. The van der Waals surface area contributed by atoms with Crippen molar-refractivity contribution in [3.05, 3.63) is 42.0 Å². The van der Waals surface area contributed by atoms with Crippen LogP contribution in [-0.4, -0.2) is 61.9 Å². The number of morpholine rings is 1. The van der Waals surface area contributed by atoms with Crippen LogP contribution in [0.4, 0.5) is 5.82 Å². The molecule has 1 aromatic carbocycles. The summed E-state index contributed by atoms with van der Waals surface area (Å²) >= 11 is 0. The number of aromatic carboxylic acids is 1. The summed E-state index contributed by atoms with van der Waals surface area (Å²) < 4.78 is 7.09. The third-order valence-electron chi connectivity index (χ3n) is 5.04. The second-order valence-corrected chi connectivity index (χ2v) is 6.73. The molecule has 0 bridgehead atoms. The third-order valence-corrected chi connectivity index (χ3v) is 5.04. The Balaban J connectivity index is 1.81. The normalized spacial score (nSPS) is 14.8. The van der Waals surface area contributed by atoms with Crippen molar-refractivity contribution in [2.24, 2.45) is 0 Å². The molecule has 0 radical (unpaired) electrons. The van der Waals surface area contributed by atoms with Crippen LogP contribution in [0.5, 0.6) is 0 Å². The minimum absolute atomic E-state index is 0.146. The van der Waals surface area contributed by atoms with E-state index in [-0.39, 0.29) is 5.69 Å². The molecular weight excluding hydrogens is 360 g/mol. The maximum atomic E-state index is 11.9. The number of fused-ring (bicyclic) bond motifs is 2. The Bertz CT molecular complexity index is 1210. The van der Waals surface area contributed by atoms with E-state index in [9.17, 15) is 9.90 Å². The molecule has 0 saturated carbocycles. The highest BCUT2D eigenvalue weighted by Crippen LogP contribution is 2.31. The van der Waals surface area contributed by atoms with E-state index in [2.05, 4.69) is 20.1 Å². The van der Waals surface area contributed by atoms with Gasteiger partial charge in [-0.1, -0.05) is 12.1 Å². The fraction of sp³-hybridized carbons (Fsp3) is 0.263. The number of anilines is 1. The van der Waals surface area contributed by atoms with Crippen molar-refractivity contribution in [2.75, 3.05) is 31.2 Å². The van der Waals surface area contributed by atoms with Crippen molar-refractivity contribution in [1.29, 1.82) is 0 Å². The van der Waals surface area contributed by atoms with Crippen LogP contribution in [0, 0.1) is 6.92 Å². The number of benzene rings is 1. The maximum Gasteiger partial charge on any atom is 0.354 e. The number of carboxylic acids is 1. The van der Waals surface area contributed by atoms with Crippen molar-refractivity contribution in [3.63, 3.8) is 0 Å². The number of nitrogens with zero attached hydrogens (tertiary/aromatic N) is 5. The SMILES string of the molecule is Cc1nc2c(N3CCOCC3)nc(-c3cccc4[nH]ncc34)cn2c1C(=O)O. The zero-order valence-electron chi connectivity index (χ0n) is 15.2. The molecule has 1 aliphatic heterocycles. The number of nitrogens with one attached hydrogen (secondary N) is 1. The number of carboxylic acid groups (broad SMARTS) is 1. The molecule has 1 fully saturated rings. The molecule has 0 aliphatic carbocycles. The quantitative estimate of drug-likeness (QED) is 0.562. The van der Waals surface area contributed by atoms with E-state index in [1.165, 1.54) is 0 Å². The van der Waals surface area contributed by atoms with Crippen molar-refractivity contribution >= 4 is 28.3 Å². The number of ether oxygens (including phenoxy) is 1. The van der Waals surface area contributed by atoms with Crippen LogP contribution >= 0.6 is 0 Å². The number of hydrogen-bond donors (Lipinski definition) is 2. The molecule has 1 aliphatic rings. The smallest absolute Gasteiger partial charge is 0.354 e. The van der Waals surface area contributed by atoms with Crippen LogP contribution in [0.15, 0.2) is 30.6 Å². The standard InChI is InChI=1S/C19H18N6O3/c1-11-16(19(26)27)25-10-15(12-3-2-4-14-13(12)9-20-23-14)22-17(18(25)21-11)24-5-7-28-8-6-24/h2-4,9-10H,5-8H2,1H3,(H,20,23)(H,26,27). The summed E-state index contributed by atoms with van der Waals surface area (Å²) in [6, 6.07) is 5.82. The number of carbonyl (C=O) groups is 1. The number of rotatable bonds is 3. The lowest BCUT2D eigenvalue weighted by molar-refractivity contribution is 0.0688. The molecule has 3 aromatic heterocycles. The lowest BCUT2D eigenvalue weighted by Gasteiger charge is -2.28. The zero-order valence-corrected chi connectivity index (χ0v) is 15.2. The molecule has 28 heavy (non-hydrogen) atoms. The van der Waals surface area contributed by atoms with Crippen LogP contribution in [0.1, 0.15) is 16.2 Å². The summed E-state index contributed by atoms with van der Waals surface area (Å²) in [7, 11) is 0. The molecule has 1 saturated heterocycles. The molecule has 4 aromatic rings. The van der Waals surface area contributed by atoms with Crippen LogP contribution in [0.25, 0.3) is 27.8 Å². The molecule has 2 N–H and O–H groups in total. The van der Waals surface area contributed by atoms with Crippen LogP contribution in [0.3, 0.4) is 0 Å². The summed E-state index contributed by atoms with van der Waals surface area (Å²) in [5.41, 5.74) is 3.59. The largest absolute Gasteiger partial charge is 0.477 e. The molecule has 0 spiro atoms. The summed E-state index contributed by atoms with van der Waals surface area (Å²) in [4.78, 5) is 23.4. The van der Waals surface area contributed by atoms with Crippen molar-refractivity contribution in [3.8, 4) is 11.3 Å². The Morgan fingerprint density at radius 3 is 2.86 bits per heavy atom. The molecule has 9 nitrogen and oxygen atoms in total. The average Bonchev–Trinajstić information content (AvgIpc) is 3.31. The van der Waals surface area contributed by atoms with E-state index in [1.54, 1.807) is 23.7 Å². The van der Waals surface area contributed by atoms with Gasteiger partial charge in [0.2, 0.25) is 0 Å². The summed E-state index contributed by atoms with van der Waals surface area (Å²) in [5.74, 6) is -0.353. The average molecular weight is 378 g/mol. The number of imidazole rings is 1. The van der Waals surface area contributed by atoms with Crippen molar-refractivity contribution < 1.29 is 14.6 Å². The highest BCUT2D eigenvalue weighted by atomic mass is 16.5. The molecule has 0 unspecified atom stereocenters. The van der Waals surface area contributed by atoms with E-state index in [0.717, 1.165) is 16.5 Å². The molecular formula is C19H18N6O3. The van der Waals surface area contributed by atoms with Crippen molar-refractivity contribution in [2.45, 2.75) is 6.92 Å². The number of H-pyrrole nitrogens is 1. The van der Waals surface area contributed by atoms with E-state index in [0.29, 0.717) is 49.2 Å². The monoisotopic (exact) mass is 378 g/mol. The minimum atomic E-state index is -1.02. The number of hydrogen-bond acceptors (Lipinski definition) is 6. The second-order valence-electron chi connectivity index (χ2n) is 6.73. The molecule has 9 heteroatoms. The first-order valence-electron chi connectivity index (χ1n) is 9.01. The van der Waals surface area contributed by atoms with Gasteiger partial charge in [0.15, 0.2) is 17.2 Å². The highest BCUT2D eigenvalue weighted by molar-refractivity contribution is 5.94. The van der Waals surface area contributed by atoms with E-state index >= 15 is 0 Å². The van der Waals surface area contributed by atoms with E-state index in [4.69, 9.17) is 9.72 Å². The van der Waals surface area contributed by atoms with Crippen molar-refractivity contribution in [1.82, 2.24) is 24.6 Å². The fourth-order valence-electron chi connectivity index (χ4n) is 3.71. The van der Waals surface area contributed by atoms with Gasteiger partial charge < -0.3 is 14.7 Å². The topological polar surface area (TPSA) is 109 Å². The fourth-order valence-corrected chi connectivity index (χ4v) is 3.71. The Hall–Kier alpha value is -3.46. The number of aromatic amines is 1. The highest BCUT2D eigenvalue weighted by Gasteiger charge is 2.24. The van der Waals surface area contributed by atoms with Gasteiger partial charge in [0.05, 0.1) is 36.3 Å². The van der Waals surface area contributed by atoms with E-state index in [1.807, 2.05) is 18.2 Å². The molecule has 5 rings (SSSR count). The second kappa shape index (κ2) is 6.31. The van der Waals surface area contributed by atoms with Gasteiger partial charge in [0.25, 0.3) is 0 Å². The lowest BCUT2D eigenvalue weighted by Crippen LogP contribution is -2.37. The van der Waals surface area contributed by atoms with Crippen LogP contribution in [0.2, 0.25) is 0 Å². The molecule has 142 valence electrons. The summed E-state index contributed by atoms with van der Waals surface area (Å²) in [6.45, 7) is 4.25. The van der Waals surface area contributed by atoms with E-state index < -0.39 is 5.97 Å². The summed E-state index contributed by atoms with van der Waals surface area (Å²) in [6.07, 6.45) is 3.49. The Morgan fingerprint density at radius 2 is 2.07 bits per heavy atom. The minimum Gasteiger partial charge on any atom is -0.477 e. The predicted octanol–water partition coefficient (Wildman–Crippen LogP) is 2.12. The Kier molecular flexibility index (Phi) is 3.76. The Morgan fingerprint density at radius 1 is 1.25 bits per heavy atom. The van der Waals surface area contributed by atoms with Gasteiger partial charge in [0, 0.05) is 30.2 Å². The van der Waals surface area contributed by atoms with Gasteiger partial charge in [-0.15, -0.1) is 0 Å².